The summed E-state index contributed by atoms with van der Waals surface area (Å²) in [7, 11) is 4.10. The summed E-state index contributed by atoms with van der Waals surface area (Å²) >= 11 is 0. The number of benzene rings is 1. The first-order valence-corrected chi connectivity index (χ1v) is 13.5. The lowest BCUT2D eigenvalue weighted by atomic mass is 9.48. The maximum absolute atomic E-state index is 12.3. The molecule has 3 fully saturated rings. The van der Waals surface area contributed by atoms with Crippen molar-refractivity contribution in [3.05, 3.63) is 41.5 Å². The van der Waals surface area contributed by atoms with Gasteiger partial charge in [0.25, 0.3) is 0 Å². The van der Waals surface area contributed by atoms with E-state index >= 15 is 0 Å². The van der Waals surface area contributed by atoms with Crippen LogP contribution in [-0.4, -0.2) is 50.0 Å². The molecule has 0 spiro atoms. The summed E-state index contributed by atoms with van der Waals surface area (Å²) in [6, 6.07) is 8.74. The molecule has 5 rings (SSSR count). The van der Waals surface area contributed by atoms with Crippen LogP contribution in [0.1, 0.15) is 70.3 Å². The Morgan fingerprint density at radius 1 is 1.09 bits per heavy atom. The third-order valence-corrected chi connectivity index (χ3v) is 9.68. The van der Waals surface area contributed by atoms with Crippen LogP contribution in [0.4, 0.5) is 0 Å². The molecule has 4 aliphatic carbocycles. The van der Waals surface area contributed by atoms with E-state index in [9.17, 15) is 9.59 Å². The van der Waals surface area contributed by atoms with Gasteiger partial charge in [-0.25, -0.2) is 0 Å². The van der Waals surface area contributed by atoms with Crippen molar-refractivity contribution in [2.75, 3.05) is 27.2 Å². The zero-order valence-electron chi connectivity index (χ0n) is 21.8. The first-order valence-electron chi connectivity index (χ1n) is 13.5. The summed E-state index contributed by atoms with van der Waals surface area (Å²) in [6.07, 6.45) is 9.07. The SMILES string of the molecule is CC(=O)O[C@H]1CC[C@H]2[C@H]3[C@H](CC[C@]12C)[C@H]1CCC(=O)C=C1C[C@H]3c1ccc(OCCN(C)C)cc1. The minimum absolute atomic E-state index is 0.0314. The van der Waals surface area contributed by atoms with Crippen LogP contribution in [0.3, 0.4) is 0 Å². The first-order chi connectivity index (χ1) is 16.8. The van der Waals surface area contributed by atoms with Crippen LogP contribution in [-0.2, 0) is 14.3 Å². The molecular weight excluding hydrogens is 438 g/mol. The highest BCUT2D eigenvalue weighted by molar-refractivity contribution is 5.91. The van der Waals surface area contributed by atoms with E-state index in [2.05, 4.69) is 50.2 Å². The molecule has 0 aromatic heterocycles. The third kappa shape index (κ3) is 4.69. The van der Waals surface area contributed by atoms with Gasteiger partial charge in [0.2, 0.25) is 0 Å². The number of carbonyl (C=O) groups is 2. The van der Waals surface area contributed by atoms with Gasteiger partial charge in [-0.1, -0.05) is 24.6 Å². The van der Waals surface area contributed by atoms with E-state index in [1.165, 1.54) is 11.1 Å². The Kier molecular flexibility index (Phi) is 6.82. The summed E-state index contributed by atoms with van der Waals surface area (Å²) in [5.41, 5.74) is 2.79. The van der Waals surface area contributed by atoms with E-state index in [1.807, 2.05) is 6.08 Å². The highest BCUT2D eigenvalue weighted by Gasteiger charge is 2.59. The molecular formula is C30H41NO4. The van der Waals surface area contributed by atoms with E-state index < -0.39 is 0 Å². The van der Waals surface area contributed by atoms with Gasteiger partial charge < -0.3 is 14.4 Å². The largest absolute Gasteiger partial charge is 0.492 e. The maximum Gasteiger partial charge on any atom is 0.302 e. The Labute approximate surface area is 210 Å². The van der Waals surface area contributed by atoms with Crippen molar-refractivity contribution in [3.63, 3.8) is 0 Å². The summed E-state index contributed by atoms with van der Waals surface area (Å²) in [4.78, 5) is 26.3. The molecule has 5 heteroatoms. The Morgan fingerprint density at radius 2 is 1.86 bits per heavy atom. The number of nitrogens with zero attached hydrogens (tertiary/aromatic N) is 1. The quantitative estimate of drug-likeness (QED) is 0.512. The van der Waals surface area contributed by atoms with Crippen molar-refractivity contribution in [3.8, 4) is 5.75 Å². The molecule has 0 unspecified atom stereocenters. The molecule has 0 N–H and O–H groups in total. The third-order valence-electron chi connectivity index (χ3n) is 9.68. The Balaban J connectivity index is 1.45. The summed E-state index contributed by atoms with van der Waals surface area (Å²) < 4.78 is 11.8. The molecule has 3 saturated carbocycles. The fourth-order valence-corrected chi connectivity index (χ4v) is 8.07. The first kappa shape index (κ1) is 24.5. The molecule has 0 saturated heterocycles. The average molecular weight is 480 g/mol. The monoisotopic (exact) mass is 479 g/mol. The van der Waals surface area contributed by atoms with Crippen LogP contribution in [0, 0.1) is 29.1 Å². The van der Waals surface area contributed by atoms with E-state index in [-0.39, 0.29) is 17.5 Å². The Bertz CT molecular complexity index is 983. The second kappa shape index (κ2) is 9.72. The number of carbonyl (C=O) groups excluding carboxylic acids is 2. The van der Waals surface area contributed by atoms with Crippen LogP contribution in [0.15, 0.2) is 35.9 Å². The van der Waals surface area contributed by atoms with Crippen LogP contribution in [0.25, 0.3) is 0 Å². The molecule has 5 nitrogen and oxygen atoms in total. The van der Waals surface area contributed by atoms with Crippen molar-refractivity contribution in [2.45, 2.75) is 70.8 Å². The van der Waals surface area contributed by atoms with Gasteiger partial charge in [-0.3, -0.25) is 9.59 Å². The van der Waals surface area contributed by atoms with Gasteiger partial charge in [0.15, 0.2) is 5.78 Å². The molecule has 1 aromatic carbocycles. The van der Waals surface area contributed by atoms with Crippen LogP contribution >= 0.6 is 0 Å². The molecule has 7 atom stereocenters. The lowest BCUT2D eigenvalue weighted by molar-refractivity contribution is -0.156. The van der Waals surface area contributed by atoms with E-state index in [0.29, 0.717) is 48.4 Å². The Hall–Kier alpha value is -2.14. The van der Waals surface area contributed by atoms with Gasteiger partial charge in [0, 0.05) is 25.3 Å². The summed E-state index contributed by atoms with van der Waals surface area (Å²) in [6.45, 7) is 5.49. The van der Waals surface area contributed by atoms with Gasteiger partial charge in [0.1, 0.15) is 18.5 Å². The minimum Gasteiger partial charge on any atom is -0.492 e. The second-order valence-electron chi connectivity index (χ2n) is 11.9. The number of likely N-dealkylation sites (N-methyl/N-ethyl adjacent to an activating group) is 1. The molecule has 0 aliphatic heterocycles. The van der Waals surface area contributed by atoms with E-state index in [4.69, 9.17) is 9.47 Å². The van der Waals surface area contributed by atoms with Crippen LogP contribution in [0.2, 0.25) is 0 Å². The average Bonchev–Trinajstić information content (AvgIpc) is 3.14. The van der Waals surface area contributed by atoms with Gasteiger partial charge in [-0.2, -0.15) is 0 Å². The molecule has 1 aromatic rings. The van der Waals surface area contributed by atoms with Crippen molar-refractivity contribution < 1.29 is 19.1 Å². The number of esters is 1. The topological polar surface area (TPSA) is 55.8 Å². The predicted molar refractivity (Wildman–Crippen MR) is 136 cm³/mol. The number of hydrogen-bond donors (Lipinski definition) is 0. The number of ketones is 1. The number of fused-ring (bicyclic) bond motifs is 5. The van der Waals surface area contributed by atoms with E-state index in [0.717, 1.165) is 50.8 Å². The molecule has 35 heavy (non-hydrogen) atoms. The highest BCUT2D eigenvalue weighted by Crippen LogP contribution is 2.65. The summed E-state index contributed by atoms with van der Waals surface area (Å²) in [5.74, 6) is 3.71. The number of rotatable bonds is 6. The maximum atomic E-state index is 12.3. The normalized spacial score (nSPS) is 36.1. The van der Waals surface area contributed by atoms with E-state index in [1.54, 1.807) is 6.92 Å². The van der Waals surface area contributed by atoms with Crippen molar-refractivity contribution in [1.82, 2.24) is 4.90 Å². The standard InChI is InChI=1S/C30H41NO4/c1-19(32)35-28-12-11-27-29-25(13-14-30(27,28)2)24-10-7-22(33)17-21(24)18-26(29)20-5-8-23(9-6-20)34-16-15-31(3)4/h5-6,8-9,17,24-29H,7,10-16,18H2,1-4H3/t24-,25+,26-,27-,28-,29-,30-/m0/s1. The second-order valence-corrected chi connectivity index (χ2v) is 11.9. The number of allylic oxidation sites excluding steroid dienone is 1. The van der Waals surface area contributed by atoms with Gasteiger partial charge in [0.05, 0.1) is 0 Å². The predicted octanol–water partition coefficient (Wildman–Crippen LogP) is 5.39. The lowest BCUT2D eigenvalue weighted by Gasteiger charge is -2.56. The fraction of sp³-hybridized carbons (Fsp3) is 0.667. The van der Waals surface area contributed by atoms with Crippen LogP contribution in [0.5, 0.6) is 5.75 Å². The van der Waals surface area contributed by atoms with Crippen molar-refractivity contribution in [1.29, 1.82) is 0 Å². The lowest BCUT2D eigenvalue weighted by Crippen LogP contribution is -2.50. The van der Waals surface area contributed by atoms with Crippen molar-refractivity contribution in [2.24, 2.45) is 29.1 Å². The smallest absolute Gasteiger partial charge is 0.302 e. The molecule has 4 aliphatic rings. The molecule has 190 valence electrons. The molecule has 0 heterocycles. The minimum atomic E-state index is -0.153. The number of ether oxygens (including phenoxy) is 2. The number of hydrogen-bond acceptors (Lipinski definition) is 5. The zero-order chi connectivity index (χ0) is 24.7. The molecule has 0 bridgehead atoms. The Morgan fingerprint density at radius 3 is 2.57 bits per heavy atom. The van der Waals surface area contributed by atoms with Gasteiger partial charge in [-0.05, 0) is 106 Å². The van der Waals surface area contributed by atoms with Gasteiger partial charge in [-0.15, -0.1) is 0 Å². The zero-order valence-corrected chi connectivity index (χ0v) is 21.8. The highest BCUT2D eigenvalue weighted by atomic mass is 16.5. The molecule has 0 radical (unpaired) electrons. The van der Waals surface area contributed by atoms with Gasteiger partial charge >= 0.3 is 5.97 Å². The van der Waals surface area contributed by atoms with Crippen molar-refractivity contribution >= 4 is 11.8 Å². The van der Waals surface area contributed by atoms with Crippen LogP contribution < -0.4 is 4.74 Å². The molecule has 0 amide bonds. The fourth-order valence-electron chi connectivity index (χ4n) is 8.07. The summed E-state index contributed by atoms with van der Waals surface area (Å²) in [5, 5.41) is 0.